The van der Waals surface area contributed by atoms with Crippen LogP contribution in [0.1, 0.15) is 131 Å². The zero-order valence-electron chi connectivity index (χ0n) is 48.8. The molecule has 1 fully saturated rings. The quantitative estimate of drug-likeness (QED) is 0.129. The van der Waals surface area contributed by atoms with Gasteiger partial charge in [-0.15, -0.1) is 0 Å². The van der Waals surface area contributed by atoms with Crippen molar-refractivity contribution in [3.63, 3.8) is 0 Å². The van der Waals surface area contributed by atoms with Crippen LogP contribution in [0.5, 0.6) is 0 Å². The van der Waals surface area contributed by atoms with E-state index in [1.54, 1.807) is 22.8 Å². The Balaban J connectivity index is 0.000000158. The third-order valence-electron chi connectivity index (χ3n) is 16.0. The molecule has 0 N–H and O–H groups in total. The summed E-state index contributed by atoms with van der Waals surface area (Å²) in [4.78, 5) is 0. The first kappa shape index (κ1) is 58.7. The molecule has 0 heterocycles. The Labute approximate surface area is 466 Å². The van der Waals surface area contributed by atoms with Crippen LogP contribution in [0.3, 0.4) is 0 Å². The molecule has 0 nitrogen and oxygen atoms in total. The first-order valence-electron chi connectivity index (χ1n) is 27.7. The number of benzene rings is 5. The van der Waals surface area contributed by atoms with E-state index in [1.165, 1.54) is 131 Å². The van der Waals surface area contributed by atoms with Crippen molar-refractivity contribution in [3.05, 3.63) is 303 Å². The molecular formula is C77H86. The van der Waals surface area contributed by atoms with Crippen LogP contribution in [-0.4, -0.2) is 0 Å². The molecule has 0 bridgehead atoms. The van der Waals surface area contributed by atoms with Gasteiger partial charge in [0.15, 0.2) is 0 Å². The highest BCUT2D eigenvalue weighted by atomic mass is 14.5. The lowest BCUT2D eigenvalue weighted by atomic mass is 9.80. The Morgan fingerprint density at radius 2 is 1.31 bits per heavy atom. The van der Waals surface area contributed by atoms with Gasteiger partial charge in [0.25, 0.3) is 0 Å². The van der Waals surface area contributed by atoms with Crippen LogP contribution in [0, 0.1) is 39.5 Å². The average molecular weight is 1010 g/mol. The molecule has 77 heavy (non-hydrogen) atoms. The smallest absolute Gasteiger partial charge is 0.0159 e. The third-order valence-corrected chi connectivity index (χ3v) is 16.0. The standard InChI is InChI=1S/C21H22.C16H22.C14H16.C13H12.C13H14/c1-7-15-14(4)12-19-20(16(15)8-2)17-10-9-13(3)11-18(17)21(19,5)6;1-6-8-13-11(4)14-9-15(14)12(5)16(13)10(3)7-2;1-4-10(2)14-11(3)9-12-7-5-6-8-13(12)14;1-11-7-5-6-10-13(11)12-8-3-2-4-9-12;1-3-4-5-6-10-13-11-8-7-9-12(13)2/h7-12H,1-2H2,3-6H3;6-8,14-15H,9H2,1-5H3;4,6,8H,1,3,5,7,9H2,2H3;2-10H,1H3;3-11H,1H2,2H3/b;8-6-,10-7-;14-10+;;5-4-,10-6-. The Morgan fingerprint density at radius 3 is 1.95 bits per heavy atom. The Kier molecular flexibility index (Phi) is 20.6. The first-order chi connectivity index (χ1) is 37.0. The minimum atomic E-state index is 0.0406. The Bertz CT molecular complexity index is 3320. The van der Waals surface area contributed by atoms with Crippen LogP contribution in [0.2, 0.25) is 0 Å². The molecule has 0 radical (unpaired) electrons. The van der Waals surface area contributed by atoms with Crippen LogP contribution < -0.4 is 0 Å². The SMILES string of the molecule is C/C=C\C1=C(C)C2CC2C(C)=C1/C(C)=C\C.C=C/C(C)=C1\C(=C)CC2=C1C=CCC2.C=C/C=C\C=C/c1ccccc1C.C=Cc1c(C)cc2c(c1C=C)-c1ccc(C)cc1C2(C)C.Cc1ccccc1-c1ccccc1. The molecule has 5 aromatic rings. The third kappa shape index (κ3) is 13.5. The monoisotopic (exact) mass is 1010 g/mol. The van der Waals surface area contributed by atoms with Crippen molar-refractivity contribution in [1.29, 1.82) is 0 Å². The molecule has 0 heteroatoms. The second kappa shape index (κ2) is 27.0. The first-order valence-corrected chi connectivity index (χ1v) is 27.7. The van der Waals surface area contributed by atoms with Gasteiger partial charge in [-0.05, 0) is 213 Å². The second-order valence-electron chi connectivity index (χ2n) is 21.6. The summed E-state index contributed by atoms with van der Waals surface area (Å²) in [6, 6.07) is 36.3. The lowest BCUT2D eigenvalue weighted by Gasteiger charge is -2.23. The van der Waals surface area contributed by atoms with Crippen LogP contribution in [0.15, 0.2) is 253 Å². The minimum Gasteiger partial charge on any atom is -0.0991 e. The number of hydrogen-bond acceptors (Lipinski definition) is 0. The summed E-state index contributed by atoms with van der Waals surface area (Å²) in [6.45, 7) is 46.1. The van der Waals surface area contributed by atoms with Gasteiger partial charge < -0.3 is 0 Å². The van der Waals surface area contributed by atoms with Gasteiger partial charge in [-0.3, -0.25) is 0 Å². The van der Waals surface area contributed by atoms with Crippen LogP contribution in [0.25, 0.3) is 40.5 Å². The molecule has 5 aromatic carbocycles. The van der Waals surface area contributed by atoms with Crippen molar-refractivity contribution in [3.8, 4) is 22.3 Å². The fourth-order valence-electron chi connectivity index (χ4n) is 11.5. The normalized spacial score (nSPS) is 18.1. The summed E-state index contributed by atoms with van der Waals surface area (Å²) in [6.07, 6.45) is 31.7. The maximum Gasteiger partial charge on any atom is 0.0159 e. The Morgan fingerprint density at radius 1 is 0.649 bits per heavy atom. The highest BCUT2D eigenvalue weighted by Gasteiger charge is 2.44. The van der Waals surface area contributed by atoms with Crippen molar-refractivity contribution in [1.82, 2.24) is 0 Å². The number of rotatable bonds is 9. The molecule has 1 saturated carbocycles. The fraction of sp³-hybridized carbons (Fsp3) is 0.247. The van der Waals surface area contributed by atoms with Gasteiger partial charge in [0.05, 0.1) is 0 Å². The molecule has 10 rings (SSSR count). The van der Waals surface area contributed by atoms with Gasteiger partial charge in [-0.25, -0.2) is 0 Å². The maximum absolute atomic E-state index is 4.15. The van der Waals surface area contributed by atoms with E-state index in [-0.39, 0.29) is 5.41 Å². The van der Waals surface area contributed by atoms with Gasteiger partial charge in [0.1, 0.15) is 0 Å². The molecule has 0 saturated heterocycles. The maximum atomic E-state index is 4.15. The highest BCUT2D eigenvalue weighted by Crippen LogP contribution is 2.56. The summed E-state index contributed by atoms with van der Waals surface area (Å²) >= 11 is 0. The van der Waals surface area contributed by atoms with Crippen molar-refractivity contribution < 1.29 is 0 Å². The van der Waals surface area contributed by atoms with Crippen molar-refractivity contribution in [2.45, 2.75) is 114 Å². The van der Waals surface area contributed by atoms with Gasteiger partial charge in [0.2, 0.25) is 0 Å². The van der Waals surface area contributed by atoms with E-state index < -0.39 is 0 Å². The summed E-state index contributed by atoms with van der Waals surface area (Å²) in [7, 11) is 0. The largest absolute Gasteiger partial charge is 0.0991 e. The molecule has 2 atom stereocenters. The lowest BCUT2D eigenvalue weighted by molar-refractivity contribution is 0.659. The second-order valence-corrected chi connectivity index (χ2v) is 21.6. The van der Waals surface area contributed by atoms with E-state index in [9.17, 15) is 0 Å². The van der Waals surface area contributed by atoms with Gasteiger partial charge in [-0.1, -0.05) is 251 Å². The van der Waals surface area contributed by atoms with Crippen molar-refractivity contribution >= 4 is 18.2 Å². The van der Waals surface area contributed by atoms with E-state index in [4.69, 9.17) is 0 Å². The highest BCUT2D eigenvalue weighted by molar-refractivity contribution is 5.91. The molecule has 0 aliphatic heterocycles. The van der Waals surface area contributed by atoms with Crippen LogP contribution >= 0.6 is 0 Å². The minimum absolute atomic E-state index is 0.0406. The van der Waals surface area contributed by atoms with Gasteiger partial charge >= 0.3 is 0 Å². The van der Waals surface area contributed by atoms with Gasteiger partial charge in [-0.2, -0.15) is 0 Å². The lowest BCUT2D eigenvalue weighted by Crippen LogP contribution is -2.15. The fourth-order valence-corrected chi connectivity index (χ4v) is 11.5. The molecule has 5 aliphatic rings. The molecule has 0 spiro atoms. The van der Waals surface area contributed by atoms with E-state index in [2.05, 4.69) is 237 Å². The van der Waals surface area contributed by atoms with Crippen LogP contribution in [0.4, 0.5) is 0 Å². The number of allylic oxidation sites excluding steroid dienone is 20. The Hall–Kier alpha value is -7.54. The summed E-state index contributed by atoms with van der Waals surface area (Å²) in [5.74, 6) is 1.69. The molecule has 5 aliphatic carbocycles. The topological polar surface area (TPSA) is 0 Å². The molecule has 0 aromatic heterocycles. The summed E-state index contributed by atoms with van der Waals surface area (Å²) in [5.41, 5.74) is 31.5. The predicted octanol–water partition coefficient (Wildman–Crippen LogP) is 22.2. The van der Waals surface area contributed by atoms with Gasteiger partial charge in [0, 0.05) is 5.41 Å². The average Bonchev–Trinajstić information content (AvgIpc) is 4.20. The molecule has 0 amide bonds. The zero-order valence-corrected chi connectivity index (χ0v) is 48.8. The number of hydrogen-bond donors (Lipinski definition) is 0. The van der Waals surface area contributed by atoms with Crippen LogP contribution in [-0.2, 0) is 5.41 Å². The van der Waals surface area contributed by atoms with E-state index in [1.807, 2.05) is 54.7 Å². The van der Waals surface area contributed by atoms with E-state index in [0.717, 1.165) is 18.3 Å². The molecule has 394 valence electrons. The molecular weight excluding hydrogens is 925 g/mol. The summed E-state index contributed by atoms with van der Waals surface area (Å²) < 4.78 is 0. The van der Waals surface area contributed by atoms with Crippen molar-refractivity contribution in [2.75, 3.05) is 0 Å². The number of aryl methyl sites for hydroxylation is 4. The zero-order chi connectivity index (χ0) is 56.0. The van der Waals surface area contributed by atoms with E-state index in [0.29, 0.717) is 0 Å². The number of fused-ring (bicyclic) bond motifs is 4. The summed E-state index contributed by atoms with van der Waals surface area (Å²) in [5, 5.41) is 0. The van der Waals surface area contributed by atoms with E-state index >= 15 is 0 Å². The predicted molar refractivity (Wildman–Crippen MR) is 343 cm³/mol. The van der Waals surface area contributed by atoms with Crippen molar-refractivity contribution in [2.24, 2.45) is 11.8 Å². The molecule has 2 unspecified atom stereocenters.